The van der Waals surface area contributed by atoms with Gasteiger partial charge in [0.25, 0.3) is 5.69 Å². The third kappa shape index (κ3) is 5.35. The van der Waals surface area contributed by atoms with Gasteiger partial charge in [0, 0.05) is 25.1 Å². The number of non-ortho nitro benzene ring substituents is 1. The molecule has 3 N–H and O–H groups in total. The van der Waals surface area contributed by atoms with Crippen LogP contribution in [0.2, 0.25) is 0 Å². The number of nitrogens with one attached hydrogen (secondary N) is 2. The Labute approximate surface area is 120 Å². The lowest BCUT2D eigenvalue weighted by Gasteiger charge is -2.10. The minimum absolute atomic E-state index is 0.0551. The molecule has 0 aliphatic heterocycles. The Hall–Kier alpha value is -2.84. The first kappa shape index (κ1) is 16.2. The third-order valence-electron chi connectivity index (χ3n) is 2.50. The average Bonchev–Trinajstić information content (AvgIpc) is 2.43. The number of ether oxygens (including phenoxy) is 1. The summed E-state index contributed by atoms with van der Waals surface area (Å²) in [5.74, 6) is -0.668. The lowest BCUT2D eigenvalue weighted by molar-refractivity contribution is -0.384. The van der Waals surface area contributed by atoms with E-state index in [9.17, 15) is 19.7 Å². The molecule has 2 amide bonds. The molecule has 0 saturated heterocycles. The van der Waals surface area contributed by atoms with E-state index in [-0.39, 0.29) is 36.5 Å². The average molecular weight is 297 g/mol. The fraction of sp³-hybridized carbons (Fsp3) is 0.333. The van der Waals surface area contributed by atoms with Gasteiger partial charge in [-0.25, -0.2) is 4.79 Å². The van der Waals surface area contributed by atoms with Crippen LogP contribution in [0.4, 0.5) is 16.2 Å². The van der Waals surface area contributed by atoms with Crippen molar-refractivity contribution in [2.75, 3.05) is 19.0 Å². The van der Waals surface area contributed by atoms with E-state index in [0.717, 1.165) is 0 Å². The second-order valence-corrected chi connectivity index (χ2v) is 4.02. The highest BCUT2D eigenvalue weighted by molar-refractivity contribution is 5.91. The Balaban J connectivity index is 2.63. The molecule has 0 fully saturated rings. The molecule has 0 atom stereocenters. The van der Waals surface area contributed by atoms with Crippen molar-refractivity contribution in [3.8, 4) is 5.75 Å². The highest BCUT2D eigenvalue weighted by atomic mass is 16.6. The van der Waals surface area contributed by atoms with E-state index in [2.05, 4.69) is 10.6 Å². The topological polar surface area (TPSA) is 131 Å². The van der Waals surface area contributed by atoms with E-state index >= 15 is 0 Å². The van der Waals surface area contributed by atoms with Gasteiger partial charge in [-0.2, -0.15) is 0 Å². The lowest BCUT2D eigenvalue weighted by atomic mass is 10.2. The molecule has 1 rings (SSSR count). The predicted octanol–water partition coefficient (Wildman–Crippen LogP) is 1.59. The zero-order valence-electron chi connectivity index (χ0n) is 11.3. The summed E-state index contributed by atoms with van der Waals surface area (Å²) in [5.41, 5.74) is -0.0283. The Morgan fingerprint density at radius 2 is 2.14 bits per heavy atom. The summed E-state index contributed by atoms with van der Waals surface area (Å²) in [6.07, 6.45) is 0.231. The molecule has 1 aromatic rings. The molecular formula is C12H15N3O6. The molecule has 0 spiro atoms. The fourth-order valence-electron chi connectivity index (χ4n) is 1.52. The van der Waals surface area contributed by atoms with Gasteiger partial charge in [0.2, 0.25) is 0 Å². The van der Waals surface area contributed by atoms with Gasteiger partial charge in [0.15, 0.2) is 0 Å². The summed E-state index contributed by atoms with van der Waals surface area (Å²) in [4.78, 5) is 32.0. The molecular weight excluding hydrogens is 282 g/mol. The monoisotopic (exact) mass is 297 g/mol. The summed E-state index contributed by atoms with van der Waals surface area (Å²) in [6, 6.07) is 3.21. The van der Waals surface area contributed by atoms with Crippen LogP contribution in [0, 0.1) is 10.1 Å². The first-order valence-electron chi connectivity index (χ1n) is 6.03. The van der Waals surface area contributed by atoms with E-state index in [1.54, 1.807) is 0 Å². The molecule has 9 nitrogen and oxygen atoms in total. The van der Waals surface area contributed by atoms with Gasteiger partial charge in [-0.1, -0.05) is 0 Å². The van der Waals surface area contributed by atoms with E-state index in [1.165, 1.54) is 25.3 Å². The zero-order chi connectivity index (χ0) is 15.8. The first-order chi connectivity index (χ1) is 9.93. The van der Waals surface area contributed by atoms with Crippen LogP contribution in [0.5, 0.6) is 5.75 Å². The zero-order valence-corrected chi connectivity index (χ0v) is 11.3. The summed E-state index contributed by atoms with van der Waals surface area (Å²) in [7, 11) is 1.37. The van der Waals surface area contributed by atoms with Crippen LogP contribution in [0.15, 0.2) is 18.2 Å². The van der Waals surface area contributed by atoms with Crippen molar-refractivity contribution in [3.05, 3.63) is 28.3 Å². The number of hydrogen-bond acceptors (Lipinski definition) is 5. The van der Waals surface area contributed by atoms with Crippen molar-refractivity contribution >= 4 is 23.4 Å². The molecule has 0 unspecified atom stereocenters. The van der Waals surface area contributed by atoms with Crippen LogP contribution in [0.3, 0.4) is 0 Å². The number of nitrogens with zero attached hydrogens (tertiary/aromatic N) is 1. The number of urea groups is 1. The lowest BCUT2D eigenvalue weighted by Crippen LogP contribution is -2.30. The Bertz CT molecular complexity index is 546. The summed E-state index contributed by atoms with van der Waals surface area (Å²) >= 11 is 0. The Kier molecular flexibility index (Phi) is 5.93. The van der Waals surface area contributed by atoms with Crippen molar-refractivity contribution in [1.82, 2.24) is 5.32 Å². The maximum Gasteiger partial charge on any atom is 0.319 e. The number of anilines is 1. The maximum absolute atomic E-state index is 11.6. The van der Waals surface area contributed by atoms with Gasteiger partial charge in [-0.3, -0.25) is 14.9 Å². The van der Waals surface area contributed by atoms with Gasteiger partial charge in [0.1, 0.15) is 5.75 Å². The number of carbonyl (C=O) groups is 2. The number of carboxylic acid groups (broad SMARTS) is 1. The van der Waals surface area contributed by atoms with Crippen LogP contribution in [0.1, 0.15) is 12.8 Å². The number of carbonyl (C=O) groups excluding carboxylic acids is 1. The van der Waals surface area contributed by atoms with Crippen LogP contribution in [-0.4, -0.2) is 35.7 Å². The Morgan fingerprint density at radius 3 is 2.71 bits per heavy atom. The molecule has 1 aromatic carbocycles. The van der Waals surface area contributed by atoms with Gasteiger partial charge in [-0.15, -0.1) is 0 Å². The molecule has 0 radical (unpaired) electrons. The van der Waals surface area contributed by atoms with Gasteiger partial charge < -0.3 is 20.5 Å². The fourth-order valence-corrected chi connectivity index (χ4v) is 1.52. The minimum Gasteiger partial charge on any atom is -0.495 e. The number of benzene rings is 1. The van der Waals surface area contributed by atoms with Crippen molar-refractivity contribution in [3.63, 3.8) is 0 Å². The predicted molar refractivity (Wildman–Crippen MR) is 73.5 cm³/mol. The van der Waals surface area contributed by atoms with Gasteiger partial charge in [-0.05, 0) is 12.5 Å². The number of amides is 2. The Morgan fingerprint density at radius 1 is 1.43 bits per heavy atom. The van der Waals surface area contributed by atoms with E-state index in [0.29, 0.717) is 0 Å². The van der Waals surface area contributed by atoms with Crippen LogP contribution >= 0.6 is 0 Å². The van der Waals surface area contributed by atoms with E-state index in [1.807, 2.05) is 0 Å². The normalized spacial score (nSPS) is 9.76. The number of nitro groups is 1. The van der Waals surface area contributed by atoms with Gasteiger partial charge >= 0.3 is 12.0 Å². The van der Waals surface area contributed by atoms with Crippen molar-refractivity contribution in [1.29, 1.82) is 0 Å². The smallest absolute Gasteiger partial charge is 0.319 e. The van der Waals surface area contributed by atoms with E-state index < -0.39 is 16.9 Å². The molecule has 21 heavy (non-hydrogen) atoms. The minimum atomic E-state index is -0.947. The second-order valence-electron chi connectivity index (χ2n) is 4.02. The molecule has 0 aromatic heterocycles. The molecule has 0 aliphatic rings. The molecule has 0 bridgehead atoms. The number of rotatable bonds is 7. The van der Waals surface area contributed by atoms with Crippen LogP contribution in [0.25, 0.3) is 0 Å². The number of aliphatic carboxylic acids is 1. The maximum atomic E-state index is 11.6. The van der Waals surface area contributed by atoms with Crippen molar-refractivity contribution < 1.29 is 24.4 Å². The van der Waals surface area contributed by atoms with Crippen LogP contribution in [-0.2, 0) is 4.79 Å². The number of nitro benzene ring substituents is 1. The largest absolute Gasteiger partial charge is 0.495 e. The first-order valence-corrected chi connectivity index (χ1v) is 6.03. The summed E-state index contributed by atoms with van der Waals surface area (Å²) in [6.45, 7) is 0.176. The van der Waals surface area contributed by atoms with Gasteiger partial charge in [0.05, 0.1) is 17.7 Å². The molecule has 114 valence electrons. The summed E-state index contributed by atoms with van der Waals surface area (Å²) in [5, 5.41) is 24.0. The quantitative estimate of drug-likeness (QED) is 0.398. The number of hydrogen-bond donors (Lipinski definition) is 3. The van der Waals surface area contributed by atoms with E-state index in [4.69, 9.17) is 9.84 Å². The number of methoxy groups -OCH3 is 1. The molecule has 0 heterocycles. The second kappa shape index (κ2) is 7.68. The molecule has 9 heteroatoms. The number of carboxylic acids is 1. The standard InChI is InChI=1S/C12H15N3O6/c1-21-10-5-4-8(15(19)20)7-9(10)14-12(18)13-6-2-3-11(16)17/h4-5,7H,2-3,6H2,1H3,(H,16,17)(H2,13,14,18). The SMILES string of the molecule is COc1ccc([N+](=O)[O-])cc1NC(=O)NCCCC(=O)O. The molecule has 0 saturated carbocycles. The van der Waals surface area contributed by atoms with Crippen molar-refractivity contribution in [2.45, 2.75) is 12.8 Å². The van der Waals surface area contributed by atoms with Crippen molar-refractivity contribution in [2.24, 2.45) is 0 Å². The summed E-state index contributed by atoms with van der Waals surface area (Å²) < 4.78 is 5.00. The highest BCUT2D eigenvalue weighted by Gasteiger charge is 2.13. The van der Waals surface area contributed by atoms with Crippen LogP contribution < -0.4 is 15.4 Å². The third-order valence-corrected chi connectivity index (χ3v) is 2.50. The molecule has 0 aliphatic carbocycles. The highest BCUT2D eigenvalue weighted by Crippen LogP contribution is 2.28.